The van der Waals surface area contributed by atoms with Crippen LogP contribution in [0.15, 0.2) is 24.3 Å². The lowest BCUT2D eigenvalue weighted by Crippen LogP contribution is -2.08. The average Bonchev–Trinajstić information content (AvgIpc) is 2.51. The van der Waals surface area contributed by atoms with Crippen molar-refractivity contribution < 1.29 is 4.74 Å². The van der Waals surface area contributed by atoms with Crippen LogP contribution in [0.3, 0.4) is 0 Å². The molecule has 23 heavy (non-hydrogen) atoms. The second-order valence-electron chi connectivity index (χ2n) is 5.68. The SMILES string of the molecule is CCCCCNc1nc(C)cc(Nc2cc(C)ccc2OC)n1. The number of aryl methyl sites for hydroxylation is 2. The van der Waals surface area contributed by atoms with Crippen molar-refractivity contribution in [2.24, 2.45) is 0 Å². The molecule has 0 aliphatic rings. The molecule has 0 atom stereocenters. The first-order valence-corrected chi connectivity index (χ1v) is 8.13. The highest BCUT2D eigenvalue weighted by molar-refractivity contribution is 5.65. The van der Waals surface area contributed by atoms with E-state index >= 15 is 0 Å². The molecule has 0 bridgehead atoms. The number of rotatable bonds is 8. The third-order valence-electron chi connectivity index (χ3n) is 3.54. The summed E-state index contributed by atoms with van der Waals surface area (Å²) >= 11 is 0. The van der Waals surface area contributed by atoms with E-state index < -0.39 is 0 Å². The summed E-state index contributed by atoms with van der Waals surface area (Å²) in [6.45, 7) is 7.11. The van der Waals surface area contributed by atoms with E-state index in [1.165, 1.54) is 12.8 Å². The molecule has 0 aliphatic carbocycles. The predicted molar refractivity (Wildman–Crippen MR) is 95.8 cm³/mol. The molecule has 0 fully saturated rings. The molecule has 0 unspecified atom stereocenters. The van der Waals surface area contributed by atoms with Crippen molar-refractivity contribution in [2.45, 2.75) is 40.0 Å². The molecule has 0 spiro atoms. The zero-order valence-corrected chi connectivity index (χ0v) is 14.4. The maximum atomic E-state index is 5.40. The molecule has 1 heterocycles. The molecule has 0 saturated carbocycles. The zero-order valence-electron chi connectivity index (χ0n) is 14.4. The van der Waals surface area contributed by atoms with Crippen molar-refractivity contribution in [3.05, 3.63) is 35.5 Å². The molecule has 2 N–H and O–H groups in total. The fourth-order valence-electron chi connectivity index (χ4n) is 2.34. The molecule has 2 aromatic rings. The number of unbranched alkanes of at least 4 members (excludes halogenated alkanes) is 2. The monoisotopic (exact) mass is 314 g/mol. The molecule has 124 valence electrons. The van der Waals surface area contributed by atoms with E-state index in [9.17, 15) is 0 Å². The van der Waals surface area contributed by atoms with Gasteiger partial charge in [0.25, 0.3) is 0 Å². The molecule has 2 rings (SSSR count). The molecular weight excluding hydrogens is 288 g/mol. The molecule has 1 aromatic heterocycles. The number of hydrogen-bond acceptors (Lipinski definition) is 5. The Labute approximate surface area is 138 Å². The van der Waals surface area contributed by atoms with Gasteiger partial charge in [-0.3, -0.25) is 0 Å². The molecule has 5 nitrogen and oxygen atoms in total. The summed E-state index contributed by atoms with van der Waals surface area (Å²) in [4.78, 5) is 8.98. The maximum absolute atomic E-state index is 5.40. The Morgan fingerprint density at radius 2 is 1.91 bits per heavy atom. The zero-order chi connectivity index (χ0) is 16.7. The normalized spacial score (nSPS) is 10.4. The topological polar surface area (TPSA) is 59.1 Å². The molecule has 0 radical (unpaired) electrons. The Morgan fingerprint density at radius 1 is 1.09 bits per heavy atom. The summed E-state index contributed by atoms with van der Waals surface area (Å²) in [7, 11) is 1.67. The first-order chi connectivity index (χ1) is 11.1. The smallest absolute Gasteiger partial charge is 0.224 e. The summed E-state index contributed by atoms with van der Waals surface area (Å²) in [5.41, 5.74) is 2.99. The van der Waals surface area contributed by atoms with Gasteiger partial charge in [0.15, 0.2) is 0 Å². The second-order valence-corrected chi connectivity index (χ2v) is 5.68. The van der Waals surface area contributed by atoms with E-state index in [-0.39, 0.29) is 0 Å². The number of anilines is 3. The van der Waals surface area contributed by atoms with Crippen molar-refractivity contribution in [2.75, 3.05) is 24.3 Å². The number of methoxy groups -OCH3 is 1. The van der Waals surface area contributed by atoms with Crippen LogP contribution >= 0.6 is 0 Å². The fraction of sp³-hybridized carbons (Fsp3) is 0.444. The van der Waals surface area contributed by atoms with E-state index in [0.717, 1.165) is 41.5 Å². The standard InChI is InChI=1S/C18H26N4O/c1-5-6-7-10-19-18-20-14(3)12-17(22-18)21-15-11-13(2)8-9-16(15)23-4/h8-9,11-12H,5-7,10H2,1-4H3,(H2,19,20,21,22). The van der Waals surface area contributed by atoms with Crippen LogP contribution in [0.2, 0.25) is 0 Å². The maximum Gasteiger partial charge on any atom is 0.224 e. The second kappa shape index (κ2) is 8.36. The van der Waals surface area contributed by atoms with Crippen molar-refractivity contribution in [1.82, 2.24) is 9.97 Å². The van der Waals surface area contributed by atoms with Gasteiger partial charge in [0.1, 0.15) is 11.6 Å². The van der Waals surface area contributed by atoms with Gasteiger partial charge in [0.2, 0.25) is 5.95 Å². The van der Waals surface area contributed by atoms with Crippen LogP contribution in [0.1, 0.15) is 37.4 Å². The van der Waals surface area contributed by atoms with Crippen LogP contribution in [0.4, 0.5) is 17.5 Å². The summed E-state index contributed by atoms with van der Waals surface area (Å²) in [5, 5.41) is 6.62. The minimum atomic E-state index is 0.662. The van der Waals surface area contributed by atoms with Crippen LogP contribution in [-0.2, 0) is 0 Å². The first kappa shape index (κ1) is 17.1. The van der Waals surface area contributed by atoms with Crippen molar-refractivity contribution in [3.8, 4) is 5.75 Å². The number of hydrogen-bond donors (Lipinski definition) is 2. The van der Waals surface area contributed by atoms with Gasteiger partial charge in [-0.1, -0.05) is 25.8 Å². The third-order valence-corrected chi connectivity index (χ3v) is 3.54. The number of aromatic nitrogens is 2. The van der Waals surface area contributed by atoms with Crippen LogP contribution < -0.4 is 15.4 Å². The molecule has 5 heteroatoms. The fourth-order valence-corrected chi connectivity index (χ4v) is 2.34. The van der Waals surface area contributed by atoms with Crippen molar-refractivity contribution in [3.63, 3.8) is 0 Å². The quantitative estimate of drug-likeness (QED) is 0.705. The lowest BCUT2D eigenvalue weighted by atomic mass is 10.2. The lowest BCUT2D eigenvalue weighted by Gasteiger charge is -2.13. The number of benzene rings is 1. The Balaban J connectivity index is 2.13. The van der Waals surface area contributed by atoms with E-state index in [1.807, 2.05) is 31.2 Å². The summed E-state index contributed by atoms with van der Waals surface area (Å²) in [6.07, 6.45) is 3.54. The van der Waals surface area contributed by atoms with Gasteiger partial charge >= 0.3 is 0 Å². The minimum Gasteiger partial charge on any atom is -0.495 e. The molecule has 1 aromatic carbocycles. The molecular formula is C18H26N4O. The number of nitrogens with zero attached hydrogens (tertiary/aromatic N) is 2. The number of ether oxygens (including phenoxy) is 1. The highest BCUT2D eigenvalue weighted by Crippen LogP contribution is 2.28. The van der Waals surface area contributed by atoms with Crippen molar-refractivity contribution in [1.29, 1.82) is 0 Å². The summed E-state index contributed by atoms with van der Waals surface area (Å²) in [6, 6.07) is 7.95. The van der Waals surface area contributed by atoms with Crippen LogP contribution in [0.5, 0.6) is 5.75 Å². The van der Waals surface area contributed by atoms with E-state index in [4.69, 9.17) is 4.74 Å². The van der Waals surface area contributed by atoms with Gasteiger partial charge in [0.05, 0.1) is 12.8 Å². The van der Waals surface area contributed by atoms with Gasteiger partial charge < -0.3 is 15.4 Å². The number of nitrogens with one attached hydrogen (secondary N) is 2. The van der Waals surface area contributed by atoms with Crippen LogP contribution in [0, 0.1) is 13.8 Å². The Hall–Kier alpha value is -2.30. The van der Waals surface area contributed by atoms with Gasteiger partial charge in [-0.15, -0.1) is 0 Å². The lowest BCUT2D eigenvalue weighted by molar-refractivity contribution is 0.416. The highest BCUT2D eigenvalue weighted by Gasteiger charge is 2.07. The van der Waals surface area contributed by atoms with Gasteiger partial charge in [-0.05, 0) is 38.0 Å². The predicted octanol–water partition coefficient (Wildman–Crippen LogP) is 4.45. The summed E-state index contributed by atoms with van der Waals surface area (Å²) < 4.78 is 5.40. The Kier molecular flexibility index (Phi) is 6.20. The highest BCUT2D eigenvalue weighted by atomic mass is 16.5. The van der Waals surface area contributed by atoms with Gasteiger partial charge in [-0.25, -0.2) is 4.98 Å². The first-order valence-electron chi connectivity index (χ1n) is 8.13. The summed E-state index contributed by atoms with van der Waals surface area (Å²) in [5.74, 6) is 2.22. The van der Waals surface area contributed by atoms with E-state index in [2.05, 4.69) is 34.4 Å². The van der Waals surface area contributed by atoms with Crippen LogP contribution in [-0.4, -0.2) is 23.6 Å². The Morgan fingerprint density at radius 3 is 2.65 bits per heavy atom. The molecule has 0 amide bonds. The Bertz CT molecular complexity index is 643. The third kappa shape index (κ3) is 5.13. The molecule has 0 saturated heterocycles. The van der Waals surface area contributed by atoms with Gasteiger partial charge in [-0.2, -0.15) is 4.98 Å². The van der Waals surface area contributed by atoms with E-state index in [0.29, 0.717) is 5.95 Å². The average molecular weight is 314 g/mol. The van der Waals surface area contributed by atoms with Crippen molar-refractivity contribution >= 4 is 17.5 Å². The minimum absolute atomic E-state index is 0.662. The van der Waals surface area contributed by atoms with Gasteiger partial charge in [0, 0.05) is 18.3 Å². The molecule has 0 aliphatic heterocycles. The van der Waals surface area contributed by atoms with Crippen LogP contribution in [0.25, 0.3) is 0 Å². The van der Waals surface area contributed by atoms with E-state index in [1.54, 1.807) is 7.11 Å². The largest absolute Gasteiger partial charge is 0.495 e.